The Labute approximate surface area is 143 Å². The first-order valence-electron chi connectivity index (χ1n) is 6.42. The quantitative estimate of drug-likeness (QED) is 0.734. The molecule has 0 unspecified atom stereocenters. The summed E-state index contributed by atoms with van der Waals surface area (Å²) in [5.74, 6) is 0.534. The molecule has 22 heavy (non-hydrogen) atoms. The number of carbonyl (C=O) groups excluding carboxylic acids is 1. The van der Waals surface area contributed by atoms with Crippen LogP contribution < -0.4 is 0 Å². The van der Waals surface area contributed by atoms with Crippen molar-refractivity contribution in [2.24, 2.45) is 4.99 Å². The van der Waals surface area contributed by atoms with Gasteiger partial charge in [-0.1, -0.05) is 11.3 Å². The van der Waals surface area contributed by atoms with Crippen LogP contribution in [-0.4, -0.2) is 32.7 Å². The minimum atomic E-state index is -0.0833. The second-order valence-electron chi connectivity index (χ2n) is 4.30. The molecule has 0 bridgehead atoms. The molecule has 3 heterocycles. The van der Waals surface area contributed by atoms with Gasteiger partial charge in [0.1, 0.15) is 10.8 Å². The first kappa shape index (κ1) is 15.4. The van der Waals surface area contributed by atoms with Crippen LogP contribution in [0.4, 0.5) is 5.13 Å². The van der Waals surface area contributed by atoms with Crippen LogP contribution in [0.1, 0.15) is 17.7 Å². The van der Waals surface area contributed by atoms with Crippen molar-refractivity contribution in [2.45, 2.75) is 13.8 Å². The van der Waals surface area contributed by atoms with Gasteiger partial charge in [0, 0.05) is 12.6 Å². The van der Waals surface area contributed by atoms with E-state index >= 15 is 0 Å². The number of hydrogen-bond acceptors (Lipinski definition) is 7. The highest BCUT2D eigenvalue weighted by molar-refractivity contribution is 9.10. The van der Waals surface area contributed by atoms with Gasteiger partial charge in [0.2, 0.25) is 5.13 Å². The van der Waals surface area contributed by atoms with Crippen molar-refractivity contribution >= 4 is 61.3 Å². The molecule has 114 valence electrons. The Morgan fingerprint density at radius 2 is 2.27 bits per heavy atom. The van der Waals surface area contributed by atoms with Crippen LogP contribution in [0.3, 0.4) is 0 Å². The molecule has 0 spiro atoms. The Bertz CT molecular complexity index is 781. The van der Waals surface area contributed by atoms with Gasteiger partial charge in [-0.2, -0.15) is 4.99 Å². The zero-order chi connectivity index (χ0) is 15.7. The summed E-state index contributed by atoms with van der Waals surface area (Å²) < 4.78 is 6.04. The summed E-state index contributed by atoms with van der Waals surface area (Å²) in [5, 5.41) is 9.90. The summed E-state index contributed by atoms with van der Waals surface area (Å²) in [4.78, 5) is 19.0. The summed E-state index contributed by atoms with van der Waals surface area (Å²) in [6, 6.07) is 3.58. The van der Waals surface area contributed by atoms with Gasteiger partial charge in [-0.15, -0.1) is 10.2 Å². The Balaban J connectivity index is 1.91. The van der Waals surface area contributed by atoms with E-state index in [1.807, 2.05) is 13.8 Å². The third kappa shape index (κ3) is 3.16. The van der Waals surface area contributed by atoms with Crippen LogP contribution in [0, 0.1) is 6.92 Å². The molecule has 6 nitrogen and oxygen atoms in total. The van der Waals surface area contributed by atoms with Crippen molar-refractivity contribution < 1.29 is 9.21 Å². The molecule has 0 radical (unpaired) electrons. The summed E-state index contributed by atoms with van der Waals surface area (Å²) in [5.41, 5.74) is 0. The molecule has 1 amide bonds. The fourth-order valence-electron chi connectivity index (χ4n) is 1.82. The van der Waals surface area contributed by atoms with Crippen LogP contribution in [0.15, 0.2) is 31.1 Å². The van der Waals surface area contributed by atoms with Crippen LogP contribution in [0.5, 0.6) is 0 Å². The smallest absolute Gasteiger partial charge is 0.266 e. The van der Waals surface area contributed by atoms with E-state index in [0.29, 0.717) is 32.2 Å². The minimum absolute atomic E-state index is 0.0833. The maximum Gasteiger partial charge on any atom is 0.266 e. The molecule has 0 aliphatic carbocycles. The Hall–Kier alpha value is -1.45. The third-order valence-electron chi connectivity index (χ3n) is 2.78. The van der Waals surface area contributed by atoms with Crippen molar-refractivity contribution in [3.8, 4) is 0 Å². The molecule has 2 aromatic heterocycles. The summed E-state index contributed by atoms with van der Waals surface area (Å²) >= 11 is 5.95. The van der Waals surface area contributed by atoms with Crippen molar-refractivity contribution in [3.05, 3.63) is 32.5 Å². The van der Waals surface area contributed by atoms with E-state index < -0.39 is 0 Å². The standard InChI is InChI=1S/C13H11BrN4O2S2/c1-3-18-11(19)9(6-8-4-5-10(14)20-8)22-13(18)15-12-17-16-7(2)21-12/h4-6H,3H2,1-2H3/b9-6+,15-13+. The first-order chi connectivity index (χ1) is 10.6. The highest BCUT2D eigenvalue weighted by Gasteiger charge is 2.32. The van der Waals surface area contributed by atoms with Gasteiger partial charge in [0.05, 0.1) is 4.91 Å². The number of halogens is 1. The molecule has 3 rings (SSSR count). The number of hydrogen-bond donors (Lipinski definition) is 0. The SMILES string of the molecule is CCN1C(=O)/C(=C\c2ccc(Br)o2)S/C1=N/c1nnc(C)s1. The number of amides is 1. The molecule has 0 atom stereocenters. The lowest BCUT2D eigenvalue weighted by Gasteiger charge is -2.10. The zero-order valence-corrected chi connectivity index (χ0v) is 15.0. The lowest BCUT2D eigenvalue weighted by molar-refractivity contribution is -0.122. The van der Waals surface area contributed by atoms with Gasteiger partial charge in [-0.25, -0.2) is 0 Å². The predicted molar refractivity (Wildman–Crippen MR) is 91.1 cm³/mol. The number of furan rings is 1. The monoisotopic (exact) mass is 398 g/mol. The van der Waals surface area contributed by atoms with Crippen LogP contribution in [0.2, 0.25) is 0 Å². The lowest BCUT2D eigenvalue weighted by atomic mass is 10.3. The molecule has 1 fully saturated rings. The number of aryl methyl sites for hydroxylation is 1. The number of thioether (sulfide) groups is 1. The second kappa shape index (κ2) is 6.35. The number of aromatic nitrogens is 2. The Morgan fingerprint density at radius 1 is 1.45 bits per heavy atom. The van der Waals surface area contributed by atoms with E-state index in [-0.39, 0.29) is 5.91 Å². The molecular formula is C13H11BrN4O2S2. The van der Waals surface area contributed by atoms with E-state index in [0.717, 1.165) is 5.01 Å². The van der Waals surface area contributed by atoms with Gasteiger partial charge < -0.3 is 4.42 Å². The Morgan fingerprint density at radius 3 is 2.86 bits per heavy atom. The molecule has 2 aromatic rings. The van der Waals surface area contributed by atoms with Crippen LogP contribution in [-0.2, 0) is 4.79 Å². The van der Waals surface area contributed by atoms with Crippen LogP contribution >= 0.6 is 39.0 Å². The first-order valence-corrected chi connectivity index (χ1v) is 8.85. The van der Waals surface area contributed by atoms with Crippen molar-refractivity contribution in [3.63, 3.8) is 0 Å². The van der Waals surface area contributed by atoms with Gasteiger partial charge in [-0.05, 0) is 53.7 Å². The number of rotatable bonds is 3. The molecule has 1 aliphatic rings. The van der Waals surface area contributed by atoms with E-state index in [4.69, 9.17) is 4.42 Å². The van der Waals surface area contributed by atoms with Crippen LogP contribution in [0.25, 0.3) is 6.08 Å². The number of carbonyl (C=O) groups is 1. The van der Waals surface area contributed by atoms with Gasteiger partial charge in [0.15, 0.2) is 9.84 Å². The largest absolute Gasteiger partial charge is 0.450 e. The molecular weight excluding hydrogens is 388 g/mol. The average Bonchev–Trinajstić information content (AvgIpc) is 3.14. The number of likely N-dealkylation sites (N-methyl/N-ethyl adjacent to an activating group) is 1. The Kier molecular flexibility index (Phi) is 4.46. The van der Waals surface area contributed by atoms with Gasteiger partial charge >= 0.3 is 0 Å². The predicted octanol–water partition coefficient (Wildman–Crippen LogP) is 3.83. The van der Waals surface area contributed by atoms with Crippen molar-refractivity contribution in [1.29, 1.82) is 0 Å². The molecule has 0 saturated carbocycles. The maximum atomic E-state index is 12.4. The van der Waals surface area contributed by atoms with E-state index in [1.165, 1.54) is 23.1 Å². The summed E-state index contributed by atoms with van der Waals surface area (Å²) in [6.07, 6.45) is 1.72. The molecule has 9 heteroatoms. The normalized spacial score (nSPS) is 18.9. The van der Waals surface area contributed by atoms with E-state index in [9.17, 15) is 4.79 Å². The fraction of sp³-hybridized carbons (Fsp3) is 0.231. The fourth-order valence-corrected chi connectivity index (χ4v) is 3.78. The third-order valence-corrected chi connectivity index (χ3v) is 4.94. The van der Waals surface area contributed by atoms with Crippen molar-refractivity contribution in [1.82, 2.24) is 15.1 Å². The van der Waals surface area contributed by atoms with Gasteiger partial charge in [0.25, 0.3) is 5.91 Å². The summed E-state index contributed by atoms with van der Waals surface area (Å²) in [7, 11) is 0. The molecule has 0 aromatic carbocycles. The minimum Gasteiger partial charge on any atom is -0.450 e. The van der Waals surface area contributed by atoms with E-state index in [1.54, 1.807) is 23.1 Å². The van der Waals surface area contributed by atoms with Crippen molar-refractivity contribution in [2.75, 3.05) is 6.54 Å². The number of amidine groups is 1. The zero-order valence-electron chi connectivity index (χ0n) is 11.7. The molecule has 1 aliphatic heterocycles. The maximum absolute atomic E-state index is 12.4. The number of aliphatic imine (C=N–C) groups is 1. The highest BCUT2D eigenvalue weighted by Crippen LogP contribution is 2.34. The highest BCUT2D eigenvalue weighted by atomic mass is 79.9. The molecule has 0 N–H and O–H groups in total. The second-order valence-corrected chi connectivity index (χ2v) is 7.25. The van der Waals surface area contributed by atoms with E-state index in [2.05, 4.69) is 31.1 Å². The average molecular weight is 399 g/mol. The molecule has 1 saturated heterocycles. The lowest BCUT2D eigenvalue weighted by Crippen LogP contribution is -2.28. The van der Waals surface area contributed by atoms with Gasteiger partial charge in [-0.3, -0.25) is 9.69 Å². The number of nitrogens with zero attached hydrogens (tertiary/aromatic N) is 4. The summed E-state index contributed by atoms with van der Waals surface area (Å²) in [6.45, 7) is 4.32. The topological polar surface area (TPSA) is 71.6 Å².